The molecule has 28 heavy (non-hydrogen) atoms. The fraction of sp³-hybridized carbons (Fsp3) is 0.278. The van der Waals surface area contributed by atoms with E-state index in [9.17, 15) is 22.4 Å². The molecule has 2 heterocycles. The Kier molecular flexibility index (Phi) is 6.00. The molecule has 1 fully saturated rings. The van der Waals surface area contributed by atoms with Gasteiger partial charge in [0.05, 0.1) is 4.90 Å². The number of halogens is 1. The normalized spacial score (nSPS) is 15.8. The maximum atomic E-state index is 13.0. The molecule has 10 heteroatoms. The first-order valence-corrected chi connectivity index (χ1v) is 10.1. The number of carbonyl (C=O) groups is 2. The predicted molar refractivity (Wildman–Crippen MR) is 97.7 cm³/mol. The van der Waals surface area contributed by atoms with Gasteiger partial charge >= 0.3 is 0 Å². The summed E-state index contributed by atoms with van der Waals surface area (Å²) in [6.07, 6.45) is 3.57. The number of hydrogen-bond acceptors (Lipinski definition) is 5. The van der Waals surface area contributed by atoms with Crippen LogP contribution in [0.15, 0.2) is 53.7 Å². The van der Waals surface area contributed by atoms with E-state index in [1.807, 2.05) is 0 Å². The molecule has 0 unspecified atom stereocenters. The van der Waals surface area contributed by atoms with Crippen molar-refractivity contribution >= 4 is 21.8 Å². The fourth-order valence-electron chi connectivity index (χ4n) is 2.91. The van der Waals surface area contributed by atoms with Gasteiger partial charge in [-0.1, -0.05) is 0 Å². The molecule has 0 radical (unpaired) electrons. The van der Waals surface area contributed by atoms with Crippen LogP contribution in [0.1, 0.15) is 23.2 Å². The van der Waals surface area contributed by atoms with E-state index in [4.69, 9.17) is 0 Å². The maximum absolute atomic E-state index is 13.0. The first kappa shape index (κ1) is 19.9. The molecule has 0 bridgehead atoms. The van der Waals surface area contributed by atoms with Crippen molar-refractivity contribution in [2.45, 2.75) is 17.7 Å². The second kappa shape index (κ2) is 8.44. The second-order valence-electron chi connectivity index (χ2n) is 6.31. The monoisotopic (exact) mass is 406 g/mol. The molecule has 2 aromatic rings. The van der Waals surface area contributed by atoms with Crippen LogP contribution in [0.3, 0.4) is 0 Å². The van der Waals surface area contributed by atoms with Crippen molar-refractivity contribution in [3.63, 3.8) is 0 Å². The van der Waals surface area contributed by atoms with Crippen LogP contribution in [0.5, 0.6) is 0 Å². The lowest BCUT2D eigenvalue weighted by atomic mass is 9.98. The molecule has 2 N–H and O–H groups in total. The molecule has 1 aliphatic rings. The fourth-order valence-corrected chi connectivity index (χ4v) is 4.38. The van der Waals surface area contributed by atoms with Crippen LogP contribution in [0.2, 0.25) is 0 Å². The Bertz CT molecular complexity index is 943. The topological polar surface area (TPSA) is 108 Å². The van der Waals surface area contributed by atoms with Gasteiger partial charge in [-0.15, -0.1) is 0 Å². The number of amides is 2. The molecule has 1 aromatic carbocycles. The lowest BCUT2D eigenvalue weighted by molar-refractivity contribution is -0.126. The summed E-state index contributed by atoms with van der Waals surface area (Å²) in [5.74, 6) is -1.77. The van der Waals surface area contributed by atoms with E-state index >= 15 is 0 Å². The van der Waals surface area contributed by atoms with Crippen molar-refractivity contribution in [2.75, 3.05) is 13.1 Å². The molecule has 0 atom stereocenters. The number of hydrogen-bond donors (Lipinski definition) is 2. The third kappa shape index (κ3) is 4.52. The van der Waals surface area contributed by atoms with Crippen LogP contribution in [-0.2, 0) is 14.8 Å². The second-order valence-corrected chi connectivity index (χ2v) is 8.25. The van der Waals surface area contributed by atoms with Crippen LogP contribution in [0.25, 0.3) is 0 Å². The average Bonchev–Trinajstić information content (AvgIpc) is 2.73. The highest BCUT2D eigenvalue weighted by Gasteiger charge is 2.32. The molecule has 1 aliphatic heterocycles. The van der Waals surface area contributed by atoms with E-state index < -0.39 is 27.7 Å². The van der Waals surface area contributed by atoms with Gasteiger partial charge in [0.25, 0.3) is 5.91 Å². The molecular formula is C18H19FN4O4S. The quantitative estimate of drug-likeness (QED) is 0.739. The zero-order valence-electron chi connectivity index (χ0n) is 14.8. The highest BCUT2D eigenvalue weighted by atomic mass is 32.2. The minimum Gasteiger partial charge on any atom is -0.273 e. The minimum atomic E-state index is -3.73. The molecular weight excluding hydrogens is 387 g/mol. The molecule has 2 amide bonds. The largest absolute Gasteiger partial charge is 0.273 e. The van der Waals surface area contributed by atoms with Crippen LogP contribution < -0.4 is 10.9 Å². The number of nitrogens with one attached hydrogen (secondary N) is 2. The van der Waals surface area contributed by atoms with Gasteiger partial charge in [-0.05, 0) is 49.2 Å². The van der Waals surface area contributed by atoms with Gasteiger partial charge < -0.3 is 0 Å². The van der Waals surface area contributed by atoms with Gasteiger partial charge in [-0.25, -0.2) is 12.8 Å². The Labute approximate surface area is 161 Å². The number of piperidine rings is 1. The van der Waals surface area contributed by atoms with Crippen molar-refractivity contribution in [2.24, 2.45) is 5.92 Å². The average molecular weight is 406 g/mol. The van der Waals surface area contributed by atoms with Crippen molar-refractivity contribution < 1.29 is 22.4 Å². The Morgan fingerprint density at radius 2 is 1.61 bits per heavy atom. The molecule has 148 valence electrons. The Morgan fingerprint density at radius 3 is 2.21 bits per heavy atom. The van der Waals surface area contributed by atoms with Crippen LogP contribution >= 0.6 is 0 Å². The number of hydrazine groups is 1. The molecule has 0 saturated carbocycles. The number of nitrogens with zero attached hydrogens (tertiary/aromatic N) is 2. The van der Waals surface area contributed by atoms with Crippen LogP contribution in [0, 0.1) is 11.7 Å². The number of benzene rings is 1. The highest BCUT2D eigenvalue weighted by molar-refractivity contribution is 7.89. The zero-order chi connectivity index (χ0) is 20.1. The minimum absolute atomic E-state index is 0.0152. The molecule has 0 aliphatic carbocycles. The van der Waals surface area contributed by atoms with Crippen LogP contribution in [0.4, 0.5) is 4.39 Å². The standard InChI is InChI=1S/C18H19FN4O4S/c19-15-1-3-16(4-2-15)28(26,27)23-11-7-14(8-12-23)18(25)22-21-17(24)13-5-9-20-10-6-13/h1-6,9-10,14H,7-8,11-12H2,(H,21,24)(H,22,25). The van der Waals surface area contributed by atoms with Gasteiger partial charge in [0.2, 0.25) is 15.9 Å². The molecule has 3 rings (SSSR count). The van der Waals surface area contributed by atoms with Gasteiger partial charge in [0.15, 0.2) is 0 Å². The first-order chi connectivity index (χ1) is 13.4. The summed E-state index contributed by atoms with van der Waals surface area (Å²) < 4.78 is 39.5. The predicted octanol–water partition coefficient (Wildman–Crippen LogP) is 1.08. The molecule has 8 nitrogen and oxygen atoms in total. The van der Waals surface area contributed by atoms with Crippen molar-refractivity contribution in [1.82, 2.24) is 20.1 Å². The van der Waals surface area contributed by atoms with E-state index in [1.54, 1.807) is 0 Å². The van der Waals surface area contributed by atoms with E-state index in [1.165, 1.54) is 41.0 Å². The Hall–Kier alpha value is -2.85. The van der Waals surface area contributed by atoms with Crippen molar-refractivity contribution in [1.29, 1.82) is 0 Å². The highest BCUT2D eigenvalue weighted by Crippen LogP contribution is 2.24. The summed E-state index contributed by atoms with van der Waals surface area (Å²) in [4.78, 5) is 28.0. The summed E-state index contributed by atoms with van der Waals surface area (Å²) in [5.41, 5.74) is 5.07. The smallest absolute Gasteiger partial charge is 0.269 e. The van der Waals surface area contributed by atoms with E-state index in [2.05, 4.69) is 15.8 Å². The Balaban J connectivity index is 1.52. The molecule has 1 saturated heterocycles. The van der Waals surface area contributed by atoms with Gasteiger partial charge in [0, 0.05) is 37.0 Å². The number of sulfonamides is 1. The van der Waals surface area contributed by atoms with Crippen molar-refractivity contribution in [3.05, 3.63) is 60.2 Å². The SMILES string of the molecule is O=C(NNC(=O)C1CCN(S(=O)(=O)c2ccc(F)cc2)CC1)c1ccncc1. The third-order valence-corrected chi connectivity index (χ3v) is 6.43. The lowest BCUT2D eigenvalue weighted by Crippen LogP contribution is -2.48. The molecule has 1 aromatic heterocycles. The Morgan fingerprint density at radius 1 is 1.00 bits per heavy atom. The first-order valence-electron chi connectivity index (χ1n) is 8.64. The summed E-state index contributed by atoms with van der Waals surface area (Å²) >= 11 is 0. The number of pyridine rings is 1. The molecule has 0 spiro atoms. The van der Waals surface area contributed by atoms with Crippen LogP contribution in [-0.4, -0.2) is 42.6 Å². The third-order valence-electron chi connectivity index (χ3n) is 4.52. The van der Waals surface area contributed by atoms with Gasteiger partial charge in [-0.3, -0.25) is 25.4 Å². The number of carbonyl (C=O) groups excluding carboxylic acids is 2. The maximum Gasteiger partial charge on any atom is 0.269 e. The summed E-state index contributed by atoms with van der Waals surface area (Å²) in [6.45, 7) is 0.326. The summed E-state index contributed by atoms with van der Waals surface area (Å²) in [5, 5.41) is 0. The van der Waals surface area contributed by atoms with Gasteiger partial charge in [0.1, 0.15) is 5.82 Å². The number of aromatic nitrogens is 1. The van der Waals surface area contributed by atoms with Gasteiger partial charge in [-0.2, -0.15) is 4.31 Å². The van der Waals surface area contributed by atoms with E-state index in [0.29, 0.717) is 18.4 Å². The van der Waals surface area contributed by atoms with E-state index in [-0.39, 0.29) is 23.9 Å². The van der Waals surface area contributed by atoms with E-state index in [0.717, 1.165) is 12.1 Å². The summed E-state index contributed by atoms with van der Waals surface area (Å²) in [7, 11) is -3.73. The number of rotatable bonds is 4. The zero-order valence-corrected chi connectivity index (χ0v) is 15.7. The lowest BCUT2D eigenvalue weighted by Gasteiger charge is -2.30. The van der Waals surface area contributed by atoms with Crippen molar-refractivity contribution in [3.8, 4) is 0 Å². The summed E-state index contributed by atoms with van der Waals surface area (Å²) in [6, 6.07) is 7.66.